The standard InChI is InChI=1S/C15H26N2OS/c1-4-14(3,11-16)12-10-19-13(17-12)15(18-5-2)8-6-7-9-15/h10H,4-9,11,16H2,1-3H3. The van der Waals surface area contributed by atoms with Crippen molar-refractivity contribution in [2.24, 2.45) is 5.73 Å². The van der Waals surface area contributed by atoms with Crippen molar-refractivity contribution in [1.82, 2.24) is 4.98 Å². The number of nitrogens with two attached hydrogens (primary N) is 1. The fraction of sp³-hybridized carbons (Fsp3) is 0.800. The second-order valence-electron chi connectivity index (χ2n) is 5.79. The van der Waals surface area contributed by atoms with E-state index < -0.39 is 0 Å². The molecule has 1 aromatic rings. The maximum absolute atomic E-state index is 6.09. The summed E-state index contributed by atoms with van der Waals surface area (Å²) in [7, 11) is 0. The zero-order valence-corrected chi connectivity index (χ0v) is 13.2. The SMILES string of the molecule is CCOC1(c2nc(C(C)(CC)CN)cs2)CCCC1. The van der Waals surface area contributed by atoms with Gasteiger partial charge in [0.25, 0.3) is 0 Å². The van der Waals surface area contributed by atoms with E-state index in [4.69, 9.17) is 15.5 Å². The van der Waals surface area contributed by atoms with Crippen molar-refractivity contribution in [2.45, 2.75) is 63.9 Å². The van der Waals surface area contributed by atoms with Crippen LogP contribution in [-0.4, -0.2) is 18.1 Å². The normalized spacial score (nSPS) is 21.5. The maximum atomic E-state index is 6.09. The summed E-state index contributed by atoms with van der Waals surface area (Å²) >= 11 is 1.75. The third-order valence-corrected chi connectivity index (χ3v) is 5.60. The zero-order valence-electron chi connectivity index (χ0n) is 12.4. The largest absolute Gasteiger partial charge is 0.368 e. The Morgan fingerprint density at radius 3 is 2.63 bits per heavy atom. The molecule has 0 saturated heterocycles. The van der Waals surface area contributed by atoms with E-state index in [2.05, 4.69) is 26.2 Å². The lowest BCUT2D eigenvalue weighted by Crippen LogP contribution is -2.32. The predicted octanol–water partition coefficient (Wildman–Crippen LogP) is 3.58. The molecule has 108 valence electrons. The fourth-order valence-electron chi connectivity index (χ4n) is 2.83. The number of hydrogen-bond donors (Lipinski definition) is 1. The smallest absolute Gasteiger partial charge is 0.125 e. The number of nitrogens with zero attached hydrogens (tertiary/aromatic N) is 1. The lowest BCUT2D eigenvalue weighted by Gasteiger charge is -2.27. The molecule has 19 heavy (non-hydrogen) atoms. The highest BCUT2D eigenvalue weighted by Crippen LogP contribution is 2.44. The molecule has 0 aromatic carbocycles. The molecule has 4 heteroatoms. The molecule has 0 amide bonds. The number of hydrogen-bond acceptors (Lipinski definition) is 4. The minimum atomic E-state index is -0.110. The summed E-state index contributed by atoms with van der Waals surface area (Å²) in [6, 6.07) is 0. The minimum absolute atomic E-state index is 0.000753. The number of aromatic nitrogens is 1. The zero-order chi connectivity index (χ0) is 13.9. The van der Waals surface area contributed by atoms with E-state index in [1.807, 2.05) is 0 Å². The van der Waals surface area contributed by atoms with Crippen molar-refractivity contribution in [1.29, 1.82) is 0 Å². The summed E-state index contributed by atoms with van der Waals surface area (Å²) < 4.78 is 6.09. The Balaban J connectivity index is 2.29. The van der Waals surface area contributed by atoms with E-state index in [0.29, 0.717) is 6.54 Å². The van der Waals surface area contributed by atoms with Crippen LogP contribution in [0.4, 0.5) is 0 Å². The van der Waals surface area contributed by atoms with Gasteiger partial charge in [0.05, 0.1) is 5.69 Å². The summed E-state index contributed by atoms with van der Waals surface area (Å²) in [5, 5.41) is 3.35. The van der Waals surface area contributed by atoms with Gasteiger partial charge < -0.3 is 10.5 Å². The Kier molecular flexibility index (Phi) is 4.64. The van der Waals surface area contributed by atoms with Gasteiger partial charge in [0, 0.05) is 23.9 Å². The Morgan fingerprint density at radius 1 is 1.42 bits per heavy atom. The lowest BCUT2D eigenvalue weighted by atomic mass is 9.85. The van der Waals surface area contributed by atoms with Crippen LogP contribution in [0, 0.1) is 0 Å². The van der Waals surface area contributed by atoms with Gasteiger partial charge in [0.2, 0.25) is 0 Å². The molecule has 1 unspecified atom stereocenters. The van der Waals surface area contributed by atoms with Crippen LogP contribution in [0.15, 0.2) is 5.38 Å². The Bertz CT molecular complexity index is 406. The van der Waals surface area contributed by atoms with Gasteiger partial charge in [0.1, 0.15) is 10.6 Å². The fourth-order valence-corrected chi connectivity index (χ4v) is 4.02. The van der Waals surface area contributed by atoms with Crippen LogP contribution in [0.1, 0.15) is 63.6 Å². The van der Waals surface area contributed by atoms with Gasteiger partial charge in [-0.3, -0.25) is 0 Å². The second kappa shape index (κ2) is 5.90. The average Bonchev–Trinajstić information content (AvgIpc) is 3.07. The van der Waals surface area contributed by atoms with Crippen molar-refractivity contribution in [3.8, 4) is 0 Å². The number of rotatable bonds is 6. The molecule has 1 heterocycles. The summed E-state index contributed by atoms with van der Waals surface area (Å²) in [5.41, 5.74) is 6.97. The van der Waals surface area contributed by atoms with Gasteiger partial charge in [-0.15, -0.1) is 11.3 Å². The number of ether oxygens (including phenoxy) is 1. The quantitative estimate of drug-likeness (QED) is 0.867. The monoisotopic (exact) mass is 282 g/mol. The van der Waals surface area contributed by atoms with Gasteiger partial charge in [-0.05, 0) is 26.2 Å². The van der Waals surface area contributed by atoms with Crippen LogP contribution in [0.5, 0.6) is 0 Å². The third-order valence-electron chi connectivity index (χ3n) is 4.58. The van der Waals surface area contributed by atoms with Gasteiger partial charge in [-0.25, -0.2) is 4.98 Å². The first kappa shape index (κ1) is 14.9. The van der Waals surface area contributed by atoms with Crippen LogP contribution < -0.4 is 5.73 Å². The molecule has 3 nitrogen and oxygen atoms in total. The van der Waals surface area contributed by atoms with Gasteiger partial charge >= 0.3 is 0 Å². The molecule has 1 aliphatic carbocycles. The topological polar surface area (TPSA) is 48.1 Å². The van der Waals surface area contributed by atoms with E-state index in [0.717, 1.165) is 36.6 Å². The van der Waals surface area contributed by atoms with Crippen molar-refractivity contribution >= 4 is 11.3 Å². The molecule has 2 N–H and O–H groups in total. The molecular formula is C15H26N2OS. The van der Waals surface area contributed by atoms with Gasteiger partial charge in [-0.1, -0.05) is 26.7 Å². The highest BCUT2D eigenvalue weighted by atomic mass is 32.1. The van der Waals surface area contributed by atoms with E-state index >= 15 is 0 Å². The Labute approximate surface area is 120 Å². The first-order valence-electron chi connectivity index (χ1n) is 7.41. The van der Waals surface area contributed by atoms with Crippen LogP contribution in [0.25, 0.3) is 0 Å². The first-order valence-corrected chi connectivity index (χ1v) is 8.28. The van der Waals surface area contributed by atoms with Gasteiger partial charge in [-0.2, -0.15) is 0 Å². The van der Waals surface area contributed by atoms with E-state index in [-0.39, 0.29) is 11.0 Å². The minimum Gasteiger partial charge on any atom is -0.368 e. The molecule has 1 aromatic heterocycles. The van der Waals surface area contributed by atoms with Crippen molar-refractivity contribution in [3.63, 3.8) is 0 Å². The van der Waals surface area contributed by atoms with Crippen LogP contribution in [-0.2, 0) is 15.8 Å². The van der Waals surface area contributed by atoms with Crippen LogP contribution >= 0.6 is 11.3 Å². The highest BCUT2D eigenvalue weighted by Gasteiger charge is 2.40. The summed E-state index contributed by atoms with van der Waals surface area (Å²) in [5.74, 6) is 0. The molecular weight excluding hydrogens is 256 g/mol. The first-order chi connectivity index (χ1) is 9.10. The highest BCUT2D eigenvalue weighted by molar-refractivity contribution is 7.09. The van der Waals surface area contributed by atoms with Crippen molar-refractivity contribution in [2.75, 3.05) is 13.2 Å². The molecule has 1 aliphatic rings. The molecule has 1 saturated carbocycles. The molecule has 0 bridgehead atoms. The third kappa shape index (κ3) is 2.71. The van der Waals surface area contributed by atoms with Crippen LogP contribution in [0.2, 0.25) is 0 Å². The molecule has 1 fully saturated rings. The molecule has 0 aliphatic heterocycles. The predicted molar refractivity (Wildman–Crippen MR) is 80.6 cm³/mol. The van der Waals surface area contributed by atoms with Gasteiger partial charge in [0.15, 0.2) is 0 Å². The average molecular weight is 282 g/mol. The molecule has 2 rings (SSSR count). The molecule has 1 atom stereocenters. The Morgan fingerprint density at radius 2 is 2.11 bits per heavy atom. The number of thiazole rings is 1. The Hall–Kier alpha value is -0.450. The second-order valence-corrected chi connectivity index (χ2v) is 6.65. The van der Waals surface area contributed by atoms with E-state index in [9.17, 15) is 0 Å². The molecule has 0 spiro atoms. The van der Waals surface area contributed by atoms with E-state index in [1.165, 1.54) is 12.8 Å². The van der Waals surface area contributed by atoms with Crippen LogP contribution in [0.3, 0.4) is 0 Å². The molecule has 0 radical (unpaired) electrons. The summed E-state index contributed by atoms with van der Waals surface area (Å²) in [4.78, 5) is 4.91. The summed E-state index contributed by atoms with van der Waals surface area (Å²) in [6.45, 7) is 7.86. The van der Waals surface area contributed by atoms with E-state index in [1.54, 1.807) is 11.3 Å². The lowest BCUT2D eigenvalue weighted by molar-refractivity contribution is -0.0392. The summed E-state index contributed by atoms with van der Waals surface area (Å²) in [6.07, 6.45) is 5.74. The maximum Gasteiger partial charge on any atom is 0.125 e. The van der Waals surface area contributed by atoms with Crippen molar-refractivity contribution in [3.05, 3.63) is 16.1 Å². The van der Waals surface area contributed by atoms with Crippen molar-refractivity contribution < 1.29 is 4.74 Å².